The van der Waals surface area contributed by atoms with Gasteiger partial charge in [0.2, 0.25) is 0 Å². The van der Waals surface area contributed by atoms with Crippen LogP contribution in [-0.4, -0.2) is 34.0 Å². The lowest BCUT2D eigenvalue weighted by Gasteiger charge is -2.28. The number of anilines is 1. The van der Waals surface area contributed by atoms with Crippen LogP contribution < -0.4 is 10.6 Å². The largest absolute Gasteiger partial charge is 0.335 e. The van der Waals surface area contributed by atoms with Gasteiger partial charge in [0.25, 0.3) is 0 Å². The highest BCUT2D eigenvalue weighted by Crippen LogP contribution is 2.26. The van der Waals surface area contributed by atoms with Gasteiger partial charge in [-0.05, 0) is 43.7 Å². The van der Waals surface area contributed by atoms with Gasteiger partial charge in [-0.2, -0.15) is 11.8 Å². The Kier molecular flexibility index (Phi) is 6.11. The molecule has 0 aromatic heterocycles. The van der Waals surface area contributed by atoms with E-state index in [1.165, 1.54) is 12.8 Å². The number of hydrogen-bond donors (Lipinski definition) is 2. The summed E-state index contributed by atoms with van der Waals surface area (Å²) in [7, 11) is -1.04. The van der Waals surface area contributed by atoms with Gasteiger partial charge in [-0.15, -0.1) is 0 Å². The van der Waals surface area contributed by atoms with E-state index in [4.69, 9.17) is 0 Å². The molecule has 0 radical (unpaired) electrons. The van der Waals surface area contributed by atoms with Gasteiger partial charge in [0.05, 0.1) is 0 Å². The molecule has 116 valence electrons. The third kappa shape index (κ3) is 5.04. The molecule has 0 aliphatic heterocycles. The highest BCUT2D eigenvalue weighted by molar-refractivity contribution is 7.99. The predicted octanol–water partition coefficient (Wildman–Crippen LogP) is 3.22. The van der Waals surface area contributed by atoms with Gasteiger partial charge in [0.1, 0.15) is 0 Å². The van der Waals surface area contributed by atoms with Gasteiger partial charge < -0.3 is 10.6 Å². The van der Waals surface area contributed by atoms with Crippen LogP contribution in [0.15, 0.2) is 29.2 Å². The SMILES string of the molecule is CS[C@@H]1CCC[C@H](NC(=O)Nc2cccc([S@](C)=O)c2)C1. The zero-order valence-corrected chi connectivity index (χ0v) is 14.1. The lowest BCUT2D eigenvalue weighted by atomic mass is 9.95. The zero-order valence-electron chi connectivity index (χ0n) is 12.4. The summed E-state index contributed by atoms with van der Waals surface area (Å²) in [6.45, 7) is 0. The summed E-state index contributed by atoms with van der Waals surface area (Å²) in [4.78, 5) is 12.8. The molecule has 2 amide bonds. The molecule has 1 aromatic rings. The summed E-state index contributed by atoms with van der Waals surface area (Å²) in [5.74, 6) is 0. The molecule has 2 rings (SSSR count). The van der Waals surface area contributed by atoms with Crippen molar-refractivity contribution in [1.29, 1.82) is 0 Å². The van der Waals surface area contributed by atoms with Crippen LogP contribution >= 0.6 is 11.8 Å². The minimum Gasteiger partial charge on any atom is -0.335 e. The number of hydrogen-bond acceptors (Lipinski definition) is 3. The van der Waals surface area contributed by atoms with Crippen molar-refractivity contribution in [2.24, 2.45) is 0 Å². The Morgan fingerprint density at radius 3 is 2.90 bits per heavy atom. The average molecular weight is 326 g/mol. The Balaban J connectivity index is 1.89. The molecule has 1 aliphatic rings. The molecule has 0 unspecified atom stereocenters. The highest BCUT2D eigenvalue weighted by Gasteiger charge is 2.22. The van der Waals surface area contributed by atoms with Crippen molar-refractivity contribution < 1.29 is 9.00 Å². The van der Waals surface area contributed by atoms with Crippen molar-refractivity contribution in [2.75, 3.05) is 17.8 Å². The fourth-order valence-electron chi connectivity index (χ4n) is 2.60. The first-order valence-corrected chi connectivity index (χ1v) is 9.97. The first-order chi connectivity index (χ1) is 10.1. The van der Waals surface area contributed by atoms with Gasteiger partial charge in [0.15, 0.2) is 0 Å². The maximum absolute atomic E-state index is 12.1. The molecule has 2 N–H and O–H groups in total. The second-order valence-electron chi connectivity index (χ2n) is 5.30. The Hall–Kier alpha value is -1.01. The molecule has 0 spiro atoms. The molecule has 1 fully saturated rings. The monoisotopic (exact) mass is 326 g/mol. The minimum absolute atomic E-state index is 0.180. The molecule has 1 saturated carbocycles. The number of benzene rings is 1. The van der Waals surface area contributed by atoms with Crippen molar-refractivity contribution in [3.05, 3.63) is 24.3 Å². The van der Waals surface area contributed by atoms with Gasteiger partial charge in [0, 0.05) is 38.9 Å². The third-order valence-electron chi connectivity index (χ3n) is 3.72. The van der Waals surface area contributed by atoms with Crippen LogP contribution in [0.3, 0.4) is 0 Å². The van der Waals surface area contributed by atoms with Crippen LogP contribution in [0.2, 0.25) is 0 Å². The van der Waals surface area contributed by atoms with Crippen molar-refractivity contribution in [3.63, 3.8) is 0 Å². The van der Waals surface area contributed by atoms with E-state index in [-0.39, 0.29) is 12.1 Å². The molecule has 0 saturated heterocycles. The Morgan fingerprint density at radius 1 is 1.38 bits per heavy atom. The van der Waals surface area contributed by atoms with Gasteiger partial charge >= 0.3 is 6.03 Å². The molecule has 1 aliphatic carbocycles. The Morgan fingerprint density at radius 2 is 2.19 bits per heavy atom. The van der Waals surface area contributed by atoms with E-state index in [0.29, 0.717) is 15.8 Å². The topological polar surface area (TPSA) is 58.2 Å². The smallest absolute Gasteiger partial charge is 0.319 e. The fraction of sp³-hybridized carbons (Fsp3) is 0.533. The molecule has 21 heavy (non-hydrogen) atoms. The van der Waals surface area contributed by atoms with Gasteiger partial charge in [-0.25, -0.2) is 4.79 Å². The summed E-state index contributed by atoms with van der Waals surface area (Å²) in [6, 6.07) is 7.23. The number of rotatable bonds is 4. The minimum atomic E-state index is -1.04. The van der Waals surface area contributed by atoms with Crippen LogP contribution in [0.25, 0.3) is 0 Å². The summed E-state index contributed by atoms with van der Waals surface area (Å²) in [5, 5.41) is 6.52. The van der Waals surface area contributed by atoms with Crippen molar-refractivity contribution in [3.8, 4) is 0 Å². The molecular formula is C15H22N2O2S2. The van der Waals surface area contributed by atoms with Crippen LogP contribution in [-0.2, 0) is 10.8 Å². The van der Waals surface area contributed by atoms with Crippen LogP contribution in [0.4, 0.5) is 10.5 Å². The van der Waals surface area contributed by atoms with E-state index >= 15 is 0 Å². The first kappa shape index (κ1) is 16.4. The summed E-state index contributed by atoms with van der Waals surface area (Å²) in [6.07, 6.45) is 8.25. The molecular weight excluding hydrogens is 304 g/mol. The highest BCUT2D eigenvalue weighted by atomic mass is 32.2. The summed E-state index contributed by atoms with van der Waals surface area (Å²) in [5.41, 5.74) is 0.678. The number of amides is 2. The molecule has 0 bridgehead atoms. The standard InChI is InChI=1S/C15H22N2O2S2/c1-20-13-7-3-5-11(9-13)16-15(18)17-12-6-4-8-14(10-12)21(2)19/h4,6,8,10-11,13H,3,5,7,9H2,1-2H3,(H2,16,17,18)/t11-,13+,21-/m0/s1. The molecule has 4 nitrogen and oxygen atoms in total. The van der Waals surface area contributed by atoms with Crippen LogP contribution in [0, 0.1) is 0 Å². The van der Waals surface area contributed by atoms with E-state index in [1.54, 1.807) is 24.5 Å². The summed E-state index contributed by atoms with van der Waals surface area (Å²) < 4.78 is 11.4. The normalized spacial score (nSPS) is 23.3. The van der Waals surface area contributed by atoms with Crippen molar-refractivity contribution in [2.45, 2.75) is 41.9 Å². The Bertz CT molecular complexity index is 522. The number of carbonyl (C=O) groups is 1. The maximum atomic E-state index is 12.1. The zero-order chi connectivity index (χ0) is 15.2. The molecule has 3 atom stereocenters. The second-order valence-corrected chi connectivity index (χ2v) is 7.82. The molecule has 1 aromatic carbocycles. The number of carbonyl (C=O) groups excluding carboxylic acids is 1. The van der Waals surface area contributed by atoms with Gasteiger partial charge in [-0.3, -0.25) is 4.21 Å². The maximum Gasteiger partial charge on any atom is 0.319 e. The second kappa shape index (κ2) is 7.84. The van der Waals surface area contributed by atoms with Crippen molar-refractivity contribution >= 4 is 34.3 Å². The molecule has 6 heteroatoms. The lowest BCUT2D eigenvalue weighted by Crippen LogP contribution is -2.41. The van der Waals surface area contributed by atoms with E-state index < -0.39 is 10.8 Å². The quantitative estimate of drug-likeness (QED) is 0.893. The Labute approximate surface area is 132 Å². The van der Waals surface area contributed by atoms with E-state index in [9.17, 15) is 9.00 Å². The number of urea groups is 1. The number of nitrogens with one attached hydrogen (secondary N) is 2. The molecule has 0 heterocycles. The number of thioether (sulfide) groups is 1. The van der Waals surface area contributed by atoms with E-state index in [0.717, 1.165) is 12.8 Å². The average Bonchev–Trinajstić information content (AvgIpc) is 2.47. The van der Waals surface area contributed by atoms with Gasteiger partial charge in [-0.1, -0.05) is 12.5 Å². The first-order valence-electron chi connectivity index (χ1n) is 7.12. The van der Waals surface area contributed by atoms with E-state index in [2.05, 4.69) is 16.9 Å². The van der Waals surface area contributed by atoms with Crippen molar-refractivity contribution in [1.82, 2.24) is 5.32 Å². The van der Waals surface area contributed by atoms with Crippen LogP contribution in [0.5, 0.6) is 0 Å². The fourth-order valence-corrected chi connectivity index (χ4v) is 3.99. The van der Waals surface area contributed by atoms with Crippen LogP contribution in [0.1, 0.15) is 25.7 Å². The lowest BCUT2D eigenvalue weighted by molar-refractivity contribution is 0.244. The third-order valence-corrected chi connectivity index (χ3v) is 5.73. The summed E-state index contributed by atoms with van der Waals surface area (Å²) >= 11 is 1.88. The van der Waals surface area contributed by atoms with E-state index in [1.807, 2.05) is 17.8 Å². The predicted molar refractivity (Wildman–Crippen MR) is 90.5 cm³/mol.